The third kappa shape index (κ3) is 10.9. The summed E-state index contributed by atoms with van der Waals surface area (Å²) < 4.78 is 144. The van der Waals surface area contributed by atoms with E-state index in [4.69, 9.17) is 4.74 Å². The van der Waals surface area contributed by atoms with Gasteiger partial charge < -0.3 is 14.8 Å². The van der Waals surface area contributed by atoms with Gasteiger partial charge in [0.25, 0.3) is 5.91 Å². The lowest BCUT2D eigenvalue weighted by atomic mass is 9.82. The van der Waals surface area contributed by atoms with Crippen LogP contribution in [0.5, 0.6) is 0 Å². The number of hydrogen-bond acceptors (Lipinski definition) is 3. The van der Waals surface area contributed by atoms with Gasteiger partial charge in [-0.05, 0) is 60.2 Å². The zero-order valence-electron chi connectivity index (χ0n) is 25.0. The van der Waals surface area contributed by atoms with E-state index in [0.29, 0.717) is 17.7 Å². The summed E-state index contributed by atoms with van der Waals surface area (Å²) in [4.78, 5) is 13.4. The molecule has 0 bridgehead atoms. The van der Waals surface area contributed by atoms with Crippen molar-refractivity contribution in [2.24, 2.45) is 5.92 Å². The van der Waals surface area contributed by atoms with E-state index < -0.39 is 58.8 Å². The summed E-state index contributed by atoms with van der Waals surface area (Å²) >= 11 is 0. The first kappa shape index (κ1) is 37.7. The van der Waals surface area contributed by atoms with Crippen LogP contribution >= 0.6 is 0 Å². The smallest absolute Gasteiger partial charge is 0.460 e. The van der Waals surface area contributed by atoms with Gasteiger partial charge in [0.1, 0.15) is 17.4 Å². The van der Waals surface area contributed by atoms with Crippen LogP contribution in [-0.2, 0) is 22.1 Å². The number of rotatable bonds is 16. The maximum Gasteiger partial charge on any atom is 0.460 e. The topological polar surface area (TPSA) is 47.6 Å². The third-order valence-corrected chi connectivity index (χ3v) is 6.87. The van der Waals surface area contributed by atoms with E-state index in [-0.39, 0.29) is 48.7 Å². The molecule has 1 saturated carbocycles. The molecule has 14 heteroatoms. The van der Waals surface area contributed by atoms with Crippen molar-refractivity contribution in [3.8, 4) is 0 Å². The van der Waals surface area contributed by atoms with Crippen molar-refractivity contribution in [1.82, 2.24) is 5.32 Å². The van der Waals surface area contributed by atoms with Gasteiger partial charge in [-0.1, -0.05) is 55.6 Å². The molecule has 1 N–H and O–H groups in total. The summed E-state index contributed by atoms with van der Waals surface area (Å²) in [5.41, 5.74) is -4.36. The monoisotopic (exact) mass is 689 g/mol. The van der Waals surface area contributed by atoms with Gasteiger partial charge in [0, 0.05) is 18.1 Å². The molecule has 1 aliphatic rings. The third-order valence-electron chi connectivity index (χ3n) is 6.87. The van der Waals surface area contributed by atoms with Crippen LogP contribution in [0.1, 0.15) is 34.3 Å². The molecule has 1 fully saturated rings. The number of carbonyl (C=O) groups is 1. The molecular formula is C34H29F10NO3. The number of allylic oxidation sites excluding steroid dienone is 5. The van der Waals surface area contributed by atoms with Crippen LogP contribution in [0.3, 0.4) is 0 Å². The van der Waals surface area contributed by atoms with E-state index in [0.717, 1.165) is 37.1 Å². The number of ether oxygens (including phenoxy) is 2. The van der Waals surface area contributed by atoms with Crippen molar-refractivity contribution in [2.45, 2.75) is 43.5 Å². The summed E-state index contributed by atoms with van der Waals surface area (Å²) in [6.07, 6.45) is -8.93. The Morgan fingerprint density at radius 2 is 1.69 bits per heavy atom. The fourth-order valence-electron chi connectivity index (χ4n) is 4.07. The lowest BCUT2D eigenvalue weighted by Crippen LogP contribution is -2.50. The molecule has 4 nitrogen and oxygen atoms in total. The Kier molecular flexibility index (Phi) is 12.5. The van der Waals surface area contributed by atoms with Crippen LogP contribution < -0.4 is 5.32 Å². The second kappa shape index (κ2) is 15.9. The Hall–Kier alpha value is -4.75. The molecule has 1 amide bonds. The van der Waals surface area contributed by atoms with Crippen LogP contribution in [0.15, 0.2) is 121 Å². The minimum Gasteiger partial charge on any atom is -0.491 e. The quantitative estimate of drug-likeness (QED) is 0.109. The molecule has 1 aliphatic carbocycles. The highest BCUT2D eigenvalue weighted by Crippen LogP contribution is 2.33. The Labute approximate surface area is 269 Å². The van der Waals surface area contributed by atoms with E-state index in [1.807, 2.05) is 0 Å². The molecule has 0 saturated heterocycles. The number of carbonyl (C=O) groups excluding carboxylic acids is 1. The summed E-state index contributed by atoms with van der Waals surface area (Å²) in [6.45, 7) is 7.47. The number of halogens is 10. The molecule has 2 aromatic carbocycles. The first-order chi connectivity index (χ1) is 22.4. The highest BCUT2D eigenvalue weighted by molar-refractivity contribution is 5.95. The van der Waals surface area contributed by atoms with Crippen LogP contribution in [-0.4, -0.2) is 30.6 Å². The first-order valence-corrected chi connectivity index (χ1v) is 14.1. The highest BCUT2D eigenvalue weighted by Gasteiger charge is 2.43. The maximum absolute atomic E-state index is 14.9. The van der Waals surface area contributed by atoms with Crippen LogP contribution in [0, 0.1) is 11.7 Å². The Morgan fingerprint density at radius 1 is 1.02 bits per heavy atom. The van der Waals surface area contributed by atoms with Gasteiger partial charge in [-0.25, -0.2) is 13.2 Å². The second-order valence-electron chi connectivity index (χ2n) is 10.7. The van der Waals surface area contributed by atoms with Crippen molar-refractivity contribution in [3.63, 3.8) is 0 Å². The average molecular weight is 690 g/mol. The van der Waals surface area contributed by atoms with Gasteiger partial charge >= 0.3 is 18.7 Å². The van der Waals surface area contributed by atoms with Gasteiger partial charge in [-0.15, -0.1) is 0 Å². The molecule has 2 aromatic rings. The summed E-state index contributed by atoms with van der Waals surface area (Å²) in [5, 5.41) is 2.44. The van der Waals surface area contributed by atoms with E-state index in [1.165, 1.54) is 0 Å². The number of amides is 1. The van der Waals surface area contributed by atoms with Gasteiger partial charge in [0.15, 0.2) is 5.83 Å². The van der Waals surface area contributed by atoms with Gasteiger partial charge in [0.05, 0.1) is 24.0 Å². The van der Waals surface area contributed by atoms with Crippen LogP contribution in [0.4, 0.5) is 43.9 Å². The highest BCUT2D eigenvalue weighted by atomic mass is 19.4. The standard InChI is InChI=1S/C34H29F10NO3/c1-21(17-26(35)14-16-48-34(43,44)31(38)39)32(19-23-7-4-3-5-8-23,15-6-9-28(36)22(2)47-20-24-10-11-24)45-30(46)25-12-13-29(37)27(18-25)33(40,41)42/h3-9,12-18,24,31H,1-2,10-11,19-20H2,(H,45,46)/b15-6+,16-14+,26-17+,28-9+/t32-/m0/s1. The predicted octanol–water partition coefficient (Wildman–Crippen LogP) is 9.70. The summed E-state index contributed by atoms with van der Waals surface area (Å²) in [6, 6.07) is 9.38. The number of nitrogens with one attached hydrogen (secondary N) is 1. The molecule has 0 aliphatic heterocycles. The fraction of sp³-hybridized carbons (Fsp3) is 0.265. The van der Waals surface area contributed by atoms with E-state index in [9.17, 15) is 48.7 Å². The van der Waals surface area contributed by atoms with Crippen LogP contribution in [0.2, 0.25) is 0 Å². The SMILES string of the molecule is C=C(OCC1CC1)/C(F)=C\C=C\[C@@](Cc1ccccc1)(NC(=O)c1ccc(F)c(C(F)(F)F)c1)C(=C)/C=C(F)\C=C\OC(F)(F)C(F)F. The first-order valence-electron chi connectivity index (χ1n) is 14.1. The molecular weight excluding hydrogens is 660 g/mol. The van der Waals surface area contributed by atoms with Crippen molar-refractivity contribution in [1.29, 1.82) is 0 Å². The molecule has 48 heavy (non-hydrogen) atoms. The lowest BCUT2D eigenvalue weighted by Gasteiger charge is -2.33. The van der Waals surface area contributed by atoms with Gasteiger partial charge in [-0.3, -0.25) is 4.79 Å². The molecule has 258 valence electrons. The molecule has 0 spiro atoms. The molecule has 0 unspecified atom stereocenters. The zero-order valence-corrected chi connectivity index (χ0v) is 25.0. The van der Waals surface area contributed by atoms with Crippen molar-refractivity contribution in [3.05, 3.63) is 144 Å². The van der Waals surface area contributed by atoms with E-state index in [1.54, 1.807) is 30.3 Å². The minimum atomic E-state index is -5.17. The normalized spacial score (nSPS) is 15.9. The average Bonchev–Trinajstić information content (AvgIpc) is 3.84. The summed E-state index contributed by atoms with van der Waals surface area (Å²) in [5.74, 6) is -5.25. The van der Waals surface area contributed by atoms with Crippen molar-refractivity contribution >= 4 is 5.91 Å². The molecule has 0 heterocycles. The van der Waals surface area contributed by atoms with Crippen LogP contribution in [0.25, 0.3) is 0 Å². The van der Waals surface area contributed by atoms with Crippen molar-refractivity contribution in [2.75, 3.05) is 6.61 Å². The second-order valence-corrected chi connectivity index (χ2v) is 10.7. The Balaban J connectivity index is 2.08. The number of benzene rings is 2. The fourth-order valence-corrected chi connectivity index (χ4v) is 4.07. The van der Waals surface area contributed by atoms with E-state index >= 15 is 0 Å². The molecule has 3 rings (SSSR count). The lowest BCUT2D eigenvalue weighted by molar-refractivity contribution is -0.274. The molecule has 0 radical (unpaired) electrons. The molecule has 1 atom stereocenters. The Bertz CT molecular complexity index is 1590. The van der Waals surface area contributed by atoms with Gasteiger partial charge in [-0.2, -0.15) is 30.7 Å². The number of hydrogen-bond donors (Lipinski definition) is 1. The zero-order chi connectivity index (χ0) is 35.7. The maximum atomic E-state index is 14.9. The van der Waals surface area contributed by atoms with Crippen molar-refractivity contribution < 1.29 is 58.2 Å². The van der Waals surface area contributed by atoms with E-state index in [2.05, 4.69) is 23.2 Å². The number of alkyl halides is 7. The summed E-state index contributed by atoms with van der Waals surface area (Å²) in [7, 11) is 0. The predicted molar refractivity (Wildman–Crippen MR) is 157 cm³/mol. The Morgan fingerprint density at radius 3 is 2.29 bits per heavy atom. The van der Waals surface area contributed by atoms with Gasteiger partial charge in [0.2, 0.25) is 0 Å². The largest absolute Gasteiger partial charge is 0.491 e. The minimum absolute atomic E-state index is 0.0406. The molecule has 0 aromatic heterocycles.